The average Bonchev–Trinajstić information content (AvgIpc) is 2.41. The van der Waals surface area contributed by atoms with Crippen molar-refractivity contribution >= 4 is 16.1 Å². The summed E-state index contributed by atoms with van der Waals surface area (Å²) in [7, 11) is -3.41. The molecule has 1 aromatic carbocycles. The van der Waals surface area contributed by atoms with Crippen LogP contribution < -0.4 is 0 Å². The molecule has 5 nitrogen and oxygen atoms in total. The van der Waals surface area contributed by atoms with E-state index in [0.717, 1.165) is 18.2 Å². The molecule has 6 heteroatoms. The molecule has 0 fully saturated rings. The van der Waals surface area contributed by atoms with E-state index in [4.69, 9.17) is 8.92 Å². The van der Waals surface area contributed by atoms with Crippen molar-refractivity contribution in [2.24, 2.45) is 0 Å². The van der Waals surface area contributed by atoms with Gasteiger partial charge < -0.3 is 4.74 Å². The van der Waals surface area contributed by atoms with Gasteiger partial charge in [0.25, 0.3) is 10.1 Å². The highest BCUT2D eigenvalue weighted by Gasteiger charge is 2.18. The molecule has 0 radical (unpaired) electrons. The highest BCUT2D eigenvalue weighted by atomic mass is 32.2. The van der Waals surface area contributed by atoms with E-state index in [1.807, 2.05) is 39.8 Å². The molecule has 1 atom stereocenters. The molecular weight excluding hydrogens is 316 g/mol. The van der Waals surface area contributed by atoms with Crippen LogP contribution in [0.15, 0.2) is 24.3 Å². The number of rotatable bonds is 7. The summed E-state index contributed by atoms with van der Waals surface area (Å²) >= 11 is 0. The average molecular weight is 342 g/mol. The van der Waals surface area contributed by atoms with Crippen molar-refractivity contribution in [1.82, 2.24) is 0 Å². The molecule has 0 spiro atoms. The number of benzene rings is 1. The smallest absolute Gasteiger partial charge is 0.338 e. The molecule has 0 saturated carbocycles. The normalized spacial score (nSPS) is 13.6. The minimum Gasteiger partial charge on any atom is -0.456 e. The second kappa shape index (κ2) is 7.93. The molecule has 1 aromatic rings. The monoisotopic (exact) mass is 342 g/mol. The third-order valence-corrected chi connectivity index (χ3v) is 3.87. The lowest BCUT2D eigenvalue weighted by Crippen LogP contribution is -2.23. The number of carbonyl (C=O) groups excluding carboxylic acids is 1. The van der Waals surface area contributed by atoms with Gasteiger partial charge in [-0.05, 0) is 57.2 Å². The quantitative estimate of drug-likeness (QED) is 0.560. The van der Waals surface area contributed by atoms with Gasteiger partial charge >= 0.3 is 5.97 Å². The van der Waals surface area contributed by atoms with Gasteiger partial charge in [0.05, 0.1) is 18.4 Å². The second-order valence-electron chi connectivity index (χ2n) is 6.54. The Kier molecular flexibility index (Phi) is 6.77. The maximum atomic E-state index is 12.0. The minimum atomic E-state index is -3.41. The van der Waals surface area contributed by atoms with E-state index in [1.165, 1.54) is 0 Å². The highest BCUT2D eigenvalue weighted by molar-refractivity contribution is 7.85. The molecule has 0 bridgehead atoms. The molecule has 0 aliphatic carbocycles. The standard InChI is InChI=1S/C17H26O5S/c1-6-13(11-12-21-23(5,19)20)14-7-9-15(10-8-14)16(18)22-17(2,3)4/h7-10,13H,6,11-12H2,1-5H3. The largest absolute Gasteiger partial charge is 0.456 e. The van der Waals surface area contributed by atoms with E-state index in [1.54, 1.807) is 12.1 Å². The van der Waals surface area contributed by atoms with Crippen molar-refractivity contribution in [2.75, 3.05) is 12.9 Å². The second-order valence-corrected chi connectivity index (χ2v) is 8.19. The van der Waals surface area contributed by atoms with Crippen LogP contribution >= 0.6 is 0 Å². The summed E-state index contributed by atoms with van der Waals surface area (Å²) in [5, 5.41) is 0. The van der Waals surface area contributed by atoms with Crippen LogP contribution in [0.25, 0.3) is 0 Å². The van der Waals surface area contributed by atoms with Crippen molar-refractivity contribution in [1.29, 1.82) is 0 Å². The number of hydrogen-bond acceptors (Lipinski definition) is 5. The van der Waals surface area contributed by atoms with Crippen LogP contribution in [0.2, 0.25) is 0 Å². The van der Waals surface area contributed by atoms with E-state index in [9.17, 15) is 13.2 Å². The fourth-order valence-electron chi connectivity index (χ4n) is 2.18. The first-order valence-electron chi connectivity index (χ1n) is 7.69. The van der Waals surface area contributed by atoms with Crippen LogP contribution in [0.1, 0.15) is 62.4 Å². The summed E-state index contributed by atoms with van der Waals surface area (Å²) in [4.78, 5) is 12.0. The van der Waals surface area contributed by atoms with Crippen molar-refractivity contribution < 1.29 is 22.1 Å². The summed E-state index contributed by atoms with van der Waals surface area (Å²) in [6, 6.07) is 7.24. The molecule has 130 valence electrons. The van der Waals surface area contributed by atoms with E-state index in [2.05, 4.69) is 0 Å². The zero-order valence-corrected chi connectivity index (χ0v) is 15.3. The molecular formula is C17H26O5S. The first kappa shape index (κ1) is 19.6. The number of hydrogen-bond donors (Lipinski definition) is 0. The molecule has 0 heterocycles. The fourth-order valence-corrected chi connectivity index (χ4v) is 2.58. The van der Waals surface area contributed by atoms with Crippen molar-refractivity contribution in [3.8, 4) is 0 Å². The van der Waals surface area contributed by atoms with Gasteiger partial charge in [-0.25, -0.2) is 4.79 Å². The molecule has 1 unspecified atom stereocenters. The van der Waals surface area contributed by atoms with Crippen LogP contribution in [-0.2, 0) is 19.0 Å². The summed E-state index contributed by atoms with van der Waals surface area (Å²) in [6.45, 7) is 7.68. The molecule has 0 saturated heterocycles. The maximum absolute atomic E-state index is 12.0. The van der Waals surface area contributed by atoms with E-state index < -0.39 is 15.7 Å². The Labute approximate surface area is 139 Å². The van der Waals surface area contributed by atoms with Crippen LogP contribution in [0.4, 0.5) is 0 Å². The zero-order chi connectivity index (χ0) is 17.7. The van der Waals surface area contributed by atoms with Gasteiger partial charge in [-0.1, -0.05) is 19.1 Å². The van der Waals surface area contributed by atoms with E-state index >= 15 is 0 Å². The highest BCUT2D eigenvalue weighted by Crippen LogP contribution is 2.24. The Morgan fingerprint density at radius 3 is 2.17 bits per heavy atom. The minimum absolute atomic E-state index is 0.158. The Balaban J connectivity index is 2.71. The van der Waals surface area contributed by atoms with E-state index in [-0.39, 0.29) is 18.5 Å². The summed E-state index contributed by atoms with van der Waals surface area (Å²) in [5.41, 5.74) is 1.04. The van der Waals surface area contributed by atoms with Crippen LogP contribution in [0.5, 0.6) is 0 Å². The molecule has 0 amide bonds. The van der Waals surface area contributed by atoms with Crippen molar-refractivity contribution in [3.05, 3.63) is 35.4 Å². The van der Waals surface area contributed by atoms with Crippen LogP contribution in [0.3, 0.4) is 0 Å². The third-order valence-electron chi connectivity index (χ3n) is 3.27. The Hall–Kier alpha value is -1.40. The summed E-state index contributed by atoms with van der Waals surface area (Å²) in [6.07, 6.45) is 2.51. The third kappa shape index (κ3) is 7.61. The predicted octanol–water partition coefficient (Wildman–Crippen LogP) is 3.50. The van der Waals surface area contributed by atoms with E-state index in [0.29, 0.717) is 12.0 Å². The number of esters is 1. The van der Waals surface area contributed by atoms with Gasteiger partial charge in [0.15, 0.2) is 0 Å². The van der Waals surface area contributed by atoms with Crippen LogP contribution in [0, 0.1) is 0 Å². The predicted molar refractivity (Wildman–Crippen MR) is 90.1 cm³/mol. The first-order chi connectivity index (χ1) is 10.5. The van der Waals surface area contributed by atoms with Gasteiger partial charge in [-0.3, -0.25) is 4.18 Å². The topological polar surface area (TPSA) is 69.7 Å². The van der Waals surface area contributed by atoms with Crippen molar-refractivity contribution in [2.45, 2.75) is 52.1 Å². The number of carbonyl (C=O) groups is 1. The molecule has 0 aliphatic rings. The van der Waals surface area contributed by atoms with Gasteiger partial charge in [0.1, 0.15) is 5.60 Å². The molecule has 0 aromatic heterocycles. The zero-order valence-electron chi connectivity index (χ0n) is 14.5. The lowest BCUT2D eigenvalue weighted by molar-refractivity contribution is 0.00694. The fraction of sp³-hybridized carbons (Fsp3) is 0.588. The molecule has 0 N–H and O–H groups in total. The molecule has 0 aliphatic heterocycles. The van der Waals surface area contributed by atoms with Gasteiger partial charge in [0, 0.05) is 0 Å². The van der Waals surface area contributed by atoms with Crippen molar-refractivity contribution in [3.63, 3.8) is 0 Å². The molecule has 23 heavy (non-hydrogen) atoms. The van der Waals surface area contributed by atoms with Gasteiger partial charge in [-0.2, -0.15) is 8.42 Å². The lowest BCUT2D eigenvalue weighted by atomic mass is 9.93. The Morgan fingerprint density at radius 2 is 1.74 bits per heavy atom. The Bertz CT molecular complexity index is 611. The van der Waals surface area contributed by atoms with Gasteiger partial charge in [-0.15, -0.1) is 0 Å². The van der Waals surface area contributed by atoms with Crippen LogP contribution in [-0.4, -0.2) is 32.9 Å². The SMILES string of the molecule is CCC(CCOS(C)(=O)=O)c1ccc(C(=O)OC(C)(C)C)cc1. The lowest BCUT2D eigenvalue weighted by Gasteiger charge is -2.20. The Morgan fingerprint density at radius 1 is 1.17 bits per heavy atom. The van der Waals surface area contributed by atoms with Gasteiger partial charge in [0.2, 0.25) is 0 Å². The summed E-state index contributed by atoms with van der Waals surface area (Å²) in [5.74, 6) is -0.165. The molecule has 1 rings (SSSR count). The maximum Gasteiger partial charge on any atom is 0.338 e. The first-order valence-corrected chi connectivity index (χ1v) is 9.51. The number of ether oxygens (including phenoxy) is 1. The summed E-state index contributed by atoms with van der Waals surface area (Å²) < 4.78 is 32.1.